The number of hydrogen-bond acceptors (Lipinski definition) is 3. The molecule has 5 nitrogen and oxygen atoms in total. The van der Waals surface area contributed by atoms with Crippen LogP contribution >= 0.6 is 0 Å². The Morgan fingerprint density at radius 3 is 2.36 bits per heavy atom. The lowest BCUT2D eigenvalue weighted by molar-refractivity contribution is -0.147. The van der Waals surface area contributed by atoms with Crippen LogP contribution in [-0.4, -0.2) is 23.4 Å². The molecule has 0 aliphatic heterocycles. The summed E-state index contributed by atoms with van der Waals surface area (Å²) in [7, 11) is 0. The molecule has 150 valence electrons. The molecule has 0 radical (unpaired) electrons. The van der Waals surface area contributed by atoms with Crippen molar-refractivity contribution in [3.05, 3.63) is 29.8 Å². The van der Waals surface area contributed by atoms with Gasteiger partial charge in [0.15, 0.2) is 11.6 Å². The minimum absolute atomic E-state index is 0.0189. The zero-order valence-electron chi connectivity index (χ0n) is 15.6. The van der Waals surface area contributed by atoms with Crippen molar-refractivity contribution in [2.45, 2.75) is 56.5 Å². The average molecular weight is 389 g/mol. The highest BCUT2D eigenvalue weighted by molar-refractivity contribution is 5.93. The summed E-state index contributed by atoms with van der Waals surface area (Å²) in [6.45, 7) is 0. The maximum absolute atomic E-state index is 14.0. The van der Waals surface area contributed by atoms with Gasteiger partial charge in [0.2, 0.25) is 11.8 Å². The van der Waals surface area contributed by atoms with Gasteiger partial charge in [0.05, 0.1) is 5.69 Å². The van der Waals surface area contributed by atoms with Gasteiger partial charge in [-0.1, -0.05) is 6.07 Å². The van der Waals surface area contributed by atoms with Gasteiger partial charge in [-0.15, -0.1) is 0 Å². The van der Waals surface area contributed by atoms with Gasteiger partial charge in [-0.05, 0) is 74.8 Å². The molecule has 0 saturated heterocycles. The minimum atomic E-state index is -0.959. The number of nitrogens with one attached hydrogen (secondary N) is 2. The SMILES string of the molecule is NC(=O)C12CC3CC(C1)C(NC(=O)C1(Nc4cccc(F)c4F)CC1)C(C3)C2. The fourth-order valence-corrected chi connectivity index (χ4v) is 6.24. The first-order valence-electron chi connectivity index (χ1n) is 10.1. The van der Waals surface area contributed by atoms with Gasteiger partial charge in [-0.25, -0.2) is 8.78 Å². The maximum atomic E-state index is 14.0. The summed E-state index contributed by atoms with van der Waals surface area (Å²) in [5.41, 5.74) is 4.49. The van der Waals surface area contributed by atoms with E-state index in [1.165, 1.54) is 12.1 Å². The lowest BCUT2D eigenvalue weighted by Crippen LogP contribution is -2.63. The standard InChI is InChI=1S/C21H25F2N3O2/c22-14-2-1-3-15(16(14)23)26-21(4-5-21)19(28)25-17-12-6-11-7-13(17)10-20(8-11,9-12)18(24)27/h1-3,11-13,17,26H,4-10H2,(H2,24,27)(H,25,28). The van der Waals surface area contributed by atoms with Crippen LogP contribution in [0.2, 0.25) is 0 Å². The lowest BCUT2D eigenvalue weighted by Gasteiger charge is -2.59. The molecule has 2 amide bonds. The molecule has 1 aromatic rings. The van der Waals surface area contributed by atoms with Crippen molar-refractivity contribution in [1.29, 1.82) is 0 Å². The minimum Gasteiger partial charge on any atom is -0.369 e. The van der Waals surface area contributed by atoms with Crippen LogP contribution in [0.1, 0.15) is 44.9 Å². The van der Waals surface area contributed by atoms with E-state index in [1.54, 1.807) is 0 Å². The normalized spacial score (nSPS) is 36.8. The van der Waals surface area contributed by atoms with Gasteiger partial charge >= 0.3 is 0 Å². The Labute approximate surface area is 162 Å². The van der Waals surface area contributed by atoms with Crippen molar-refractivity contribution in [3.8, 4) is 0 Å². The Bertz CT molecular complexity index is 838. The molecule has 4 bridgehead atoms. The number of anilines is 1. The molecule has 5 aliphatic rings. The third kappa shape index (κ3) is 2.62. The van der Waals surface area contributed by atoms with Crippen molar-refractivity contribution in [1.82, 2.24) is 5.32 Å². The number of carbonyl (C=O) groups is 2. The largest absolute Gasteiger partial charge is 0.369 e. The predicted molar refractivity (Wildman–Crippen MR) is 99.1 cm³/mol. The number of rotatable bonds is 5. The second-order valence-electron chi connectivity index (χ2n) is 9.42. The van der Waals surface area contributed by atoms with Gasteiger partial charge in [0.1, 0.15) is 5.54 Å². The van der Waals surface area contributed by atoms with Crippen molar-refractivity contribution >= 4 is 17.5 Å². The van der Waals surface area contributed by atoms with Gasteiger partial charge < -0.3 is 16.4 Å². The molecule has 0 aromatic heterocycles. The quantitative estimate of drug-likeness (QED) is 0.724. The van der Waals surface area contributed by atoms with Gasteiger partial charge in [0.25, 0.3) is 0 Å². The molecule has 5 fully saturated rings. The molecule has 0 heterocycles. The van der Waals surface area contributed by atoms with Crippen LogP contribution in [0.25, 0.3) is 0 Å². The smallest absolute Gasteiger partial charge is 0.245 e. The van der Waals surface area contributed by atoms with E-state index >= 15 is 0 Å². The van der Waals surface area contributed by atoms with Crippen molar-refractivity contribution in [2.75, 3.05) is 5.32 Å². The van der Waals surface area contributed by atoms with Crippen molar-refractivity contribution in [3.63, 3.8) is 0 Å². The van der Waals surface area contributed by atoms with Crippen LogP contribution in [-0.2, 0) is 9.59 Å². The highest BCUT2D eigenvalue weighted by atomic mass is 19.2. The molecular weight excluding hydrogens is 364 g/mol. The Morgan fingerprint density at radius 2 is 1.75 bits per heavy atom. The first kappa shape index (κ1) is 17.9. The summed E-state index contributed by atoms with van der Waals surface area (Å²) in [4.78, 5) is 25.1. The number of nitrogens with two attached hydrogens (primary N) is 1. The number of primary amides is 1. The second kappa shape index (κ2) is 5.91. The molecule has 28 heavy (non-hydrogen) atoms. The molecular formula is C21H25F2N3O2. The number of hydrogen-bond donors (Lipinski definition) is 3. The van der Waals surface area contributed by atoms with E-state index in [9.17, 15) is 18.4 Å². The molecule has 7 heteroatoms. The summed E-state index contributed by atoms with van der Waals surface area (Å²) in [5, 5.41) is 6.14. The number of halogens is 2. The molecule has 4 N–H and O–H groups in total. The van der Waals surface area contributed by atoms with E-state index in [4.69, 9.17) is 5.73 Å². The Balaban J connectivity index is 1.31. The van der Waals surface area contributed by atoms with Crippen LogP contribution < -0.4 is 16.4 Å². The molecule has 6 rings (SSSR count). The first-order chi connectivity index (χ1) is 13.3. The third-order valence-corrected chi connectivity index (χ3v) is 7.60. The zero-order chi connectivity index (χ0) is 19.7. The summed E-state index contributed by atoms with van der Waals surface area (Å²) >= 11 is 0. The molecule has 5 aliphatic carbocycles. The van der Waals surface area contributed by atoms with Crippen molar-refractivity contribution < 1.29 is 18.4 Å². The van der Waals surface area contributed by atoms with Gasteiger partial charge in [0, 0.05) is 11.5 Å². The van der Waals surface area contributed by atoms with E-state index < -0.39 is 22.6 Å². The molecule has 2 unspecified atom stereocenters. The summed E-state index contributed by atoms with van der Waals surface area (Å²) in [6, 6.07) is 3.97. The molecule has 1 aromatic carbocycles. The monoisotopic (exact) mass is 389 g/mol. The van der Waals surface area contributed by atoms with E-state index in [0.29, 0.717) is 18.8 Å². The summed E-state index contributed by atoms with van der Waals surface area (Å²) < 4.78 is 27.5. The maximum Gasteiger partial charge on any atom is 0.245 e. The Hall–Kier alpha value is -2.18. The molecule has 2 atom stereocenters. The Kier molecular flexibility index (Phi) is 3.77. The molecule has 0 spiro atoms. The lowest BCUT2D eigenvalue weighted by atomic mass is 9.47. The zero-order valence-corrected chi connectivity index (χ0v) is 15.6. The van der Waals surface area contributed by atoms with Gasteiger partial charge in [-0.3, -0.25) is 9.59 Å². The molecule has 5 saturated carbocycles. The Morgan fingerprint density at radius 1 is 1.07 bits per heavy atom. The van der Waals surface area contributed by atoms with Crippen molar-refractivity contribution in [2.24, 2.45) is 28.9 Å². The van der Waals surface area contributed by atoms with Crippen LogP contribution in [0, 0.1) is 34.8 Å². The summed E-state index contributed by atoms with van der Waals surface area (Å²) in [5.74, 6) is -1.18. The fraction of sp³-hybridized carbons (Fsp3) is 0.619. The topological polar surface area (TPSA) is 84.2 Å². The van der Waals surface area contributed by atoms with E-state index in [1.807, 2.05) is 0 Å². The second-order valence-corrected chi connectivity index (χ2v) is 9.42. The predicted octanol–water partition coefficient (Wildman–Crippen LogP) is 2.71. The number of benzene rings is 1. The van der Waals surface area contributed by atoms with Crippen LogP contribution in [0.15, 0.2) is 18.2 Å². The van der Waals surface area contributed by atoms with E-state index in [2.05, 4.69) is 10.6 Å². The van der Waals surface area contributed by atoms with Crippen LogP contribution in [0.3, 0.4) is 0 Å². The fourth-order valence-electron chi connectivity index (χ4n) is 6.24. The average Bonchev–Trinajstić information content (AvgIpc) is 3.42. The van der Waals surface area contributed by atoms with Crippen LogP contribution in [0.5, 0.6) is 0 Å². The number of carbonyl (C=O) groups excluding carboxylic acids is 2. The van der Waals surface area contributed by atoms with Crippen LogP contribution in [0.4, 0.5) is 14.5 Å². The van der Waals surface area contributed by atoms with Gasteiger partial charge in [-0.2, -0.15) is 0 Å². The van der Waals surface area contributed by atoms with E-state index in [-0.39, 0.29) is 35.4 Å². The highest BCUT2D eigenvalue weighted by Gasteiger charge is 2.59. The number of amides is 2. The first-order valence-corrected chi connectivity index (χ1v) is 10.1. The summed E-state index contributed by atoms with van der Waals surface area (Å²) in [6.07, 6.45) is 5.61. The highest BCUT2D eigenvalue weighted by Crippen LogP contribution is 2.60. The van der Waals surface area contributed by atoms with E-state index in [0.717, 1.165) is 38.2 Å². The third-order valence-electron chi connectivity index (χ3n) is 7.60.